The summed E-state index contributed by atoms with van der Waals surface area (Å²) in [4.78, 5) is 16.7. The van der Waals surface area contributed by atoms with Gasteiger partial charge in [-0.1, -0.05) is 6.92 Å². The molecule has 26 heavy (non-hydrogen) atoms. The minimum absolute atomic E-state index is 0.0233. The van der Waals surface area contributed by atoms with E-state index >= 15 is 0 Å². The second-order valence-electron chi connectivity index (χ2n) is 6.72. The normalized spacial score (nSPS) is 18.3. The van der Waals surface area contributed by atoms with Gasteiger partial charge < -0.3 is 15.4 Å². The number of amides is 1. The van der Waals surface area contributed by atoms with Gasteiger partial charge in [-0.2, -0.15) is 0 Å². The van der Waals surface area contributed by atoms with Crippen molar-refractivity contribution < 1.29 is 13.9 Å². The summed E-state index contributed by atoms with van der Waals surface area (Å²) in [5, 5.41) is 8.61. The number of hydrogen-bond donors (Lipinski definition) is 2. The first-order chi connectivity index (χ1) is 12.6. The van der Waals surface area contributed by atoms with Crippen LogP contribution in [0.3, 0.4) is 0 Å². The molecule has 2 heterocycles. The number of carbonyl (C=O) groups is 1. The van der Waals surface area contributed by atoms with Crippen LogP contribution in [0.2, 0.25) is 0 Å². The number of anilines is 1. The Morgan fingerprint density at radius 2 is 2.38 bits per heavy atom. The Balaban J connectivity index is 1.59. The predicted octanol–water partition coefficient (Wildman–Crippen LogP) is 3.92. The SMILES string of the molecule is COc1ccc(-c2csc(NC(=O)CC(C)C3CCCNC3)n2)cc1F. The van der Waals surface area contributed by atoms with Crippen LogP contribution in [0.4, 0.5) is 9.52 Å². The third-order valence-corrected chi connectivity index (χ3v) is 5.60. The van der Waals surface area contributed by atoms with Crippen molar-refractivity contribution in [3.63, 3.8) is 0 Å². The van der Waals surface area contributed by atoms with Gasteiger partial charge in [0, 0.05) is 17.4 Å². The number of nitrogens with one attached hydrogen (secondary N) is 2. The molecule has 0 saturated carbocycles. The van der Waals surface area contributed by atoms with Crippen molar-refractivity contribution in [1.82, 2.24) is 10.3 Å². The lowest BCUT2D eigenvalue weighted by Gasteiger charge is -2.27. The van der Waals surface area contributed by atoms with Crippen LogP contribution in [-0.2, 0) is 4.79 Å². The highest BCUT2D eigenvalue weighted by Crippen LogP contribution is 2.29. The number of halogens is 1. The molecule has 2 unspecified atom stereocenters. The van der Waals surface area contributed by atoms with Crippen LogP contribution in [0.5, 0.6) is 5.75 Å². The number of carbonyl (C=O) groups excluding carboxylic acids is 1. The van der Waals surface area contributed by atoms with Gasteiger partial charge in [-0.3, -0.25) is 4.79 Å². The highest BCUT2D eigenvalue weighted by atomic mass is 32.1. The molecule has 1 saturated heterocycles. The molecule has 0 aliphatic carbocycles. The van der Waals surface area contributed by atoms with Crippen LogP contribution >= 0.6 is 11.3 Å². The minimum Gasteiger partial charge on any atom is -0.494 e. The summed E-state index contributed by atoms with van der Waals surface area (Å²) in [6.07, 6.45) is 2.83. The van der Waals surface area contributed by atoms with E-state index in [1.165, 1.54) is 37.4 Å². The third-order valence-electron chi connectivity index (χ3n) is 4.85. The highest BCUT2D eigenvalue weighted by Gasteiger charge is 2.22. The van der Waals surface area contributed by atoms with Crippen LogP contribution in [0.15, 0.2) is 23.6 Å². The second-order valence-corrected chi connectivity index (χ2v) is 7.58. The summed E-state index contributed by atoms with van der Waals surface area (Å²) >= 11 is 1.34. The summed E-state index contributed by atoms with van der Waals surface area (Å²) in [5.41, 5.74) is 1.29. The quantitative estimate of drug-likeness (QED) is 0.801. The van der Waals surface area contributed by atoms with Crippen LogP contribution in [0.1, 0.15) is 26.2 Å². The molecule has 1 aliphatic rings. The molecule has 1 amide bonds. The molecule has 1 aliphatic heterocycles. The Kier molecular flexibility index (Phi) is 6.21. The standard InChI is InChI=1S/C19H24FN3O2S/c1-12(14-4-3-7-21-10-14)8-18(24)23-19-22-16(11-26-19)13-5-6-17(25-2)15(20)9-13/h5-6,9,11-12,14,21H,3-4,7-8,10H2,1-2H3,(H,22,23,24). The zero-order valence-electron chi connectivity index (χ0n) is 15.0. The minimum atomic E-state index is -0.432. The summed E-state index contributed by atoms with van der Waals surface area (Å²) < 4.78 is 18.8. The monoisotopic (exact) mass is 377 g/mol. The van der Waals surface area contributed by atoms with Crippen LogP contribution in [-0.4, -0.2) is 31.1 Å². The van der Waals surface area contributed by atoms with E-state index in [-0.39, 0.29) is 11.7 Å². The van der Waals surface area contributed by atoms with Gasteiger partial charge in [-0.25, -0.2) is 9.37 Å². The Morgan fingerprint density at radius 3 is 3.08 bits per heavy atom. The van der Waals surface area contributed by atoms with Gasteiger partial charge in [-0.15, -0.1) is 11.3 Å². The average molecular weight is 377 g/mol. The number of aromatic nitrogens is 1. The number of benzene rings is 1. The van der Waals surface area contributed by atoms with E-state index in [4.69, 9.17) is 4.74 Å². The maximum absolute atomic E-state index is 13.8. The van der Waals surface area contributed by atoms with Crippen molar-refractivity contribution in [2.45, 2.75) is 26.2 Å². The number of thiazole rings is 1. The summed E-state index contributed by atoms with van der Waals surface area (Å²) in [5.74, 6) is 0.619. The number of ether oxygens (including phenoxy) is 1. The van der Waals surface area contributed by atoms with Gasteiger partial charge in [0.2, 0.25) is 5.91 Å². The van der Waals surface area contributed by atoms with Gasteiger partial charge >= 0.3 is 0 Å². The number of piperidine rings is 1. The molecule has 140 valence electrons. The van der Waals surface area contributed by atoms with Crippen molar-refractivity contribution in [3.8, 4) is 17.0 Å². The highest BCUT2D eigenvalue weighted by molar-refractivity contribution is 7.14. The summed E-state index contributed by atoms with van der Waals surface area (Å²) in [7, 11) is 1.43. The van der Waals surface area contributed by atoms with E-state index in [0.717, 1.165) is 13.1 Å². The number of hydrogen-bond acceptors (Lipinski definition) is 5. The van der Waals surface area contributed by atoms with E-state index in [1.54, 1.807) is 12.1 Å². The fraction of sp³-hybridized carbons (Fsp3) is 0.474. The van der Waals surface area contributed by atoms with Crippen molar-refractivity contribution >= 4 is 22.4 Å². The van der Waals surface area contributed by atoms with Crippen molar-refractivity contribution in [1.29, 1.82) is 0 Å². The zero-order valence-corrected chi connectivity index (χ0v) is 15.9. The smallest absolute Gasteiger partial charge is 0.226 e. The van der Waals surface area contributed by atoms with Crippen LogP contribution < -0.4 is 15.4 Å². The third kappa shape index (κ3) is 4.59. The largest absolute Gasteiger partial charge is 0.494 e. The zero-order chi connectivity index (χ0) is 18.5. The van der Waals surface area contributed by atoms with E-state index in [1.807, 2.05) is 5.38 Å². The van der Waals surface area contributed by atoms with E-state index in [9.17, 15) is 9.18 Å². The van der Waals surface area contributed by atoms with Crippen molar-refractivity contribution in [3.05, 3.63) is 29.4 Å². The number of rotatable bonds is 6. The molecular weight excluding hydrogens is 353 g/mol. The molecule has 5 nitrogen and oxygen atoms in total. The molecular formula is C19H24FN3O2S. The number of methoxy groups -OCH3 is 1. The molecule has 2 N–H and O–H groups in total. The van der Waals surface area contributed by atoms with E-state index in [0.29, 0.717) is 34.6 Å². The molecule has 1 fully saturated rings. The van der Waals surface area contributed by atoms with Crippen molar-refractivity contribution in [2.24, 2.45) is 11.8 Å². The molecule has 7 heteroatoms. The molecule has 0 bridgehead atoms. The van der Waals surface area contributed by atoms with Crippen LogP contribution in [0.25, 0.3) is 11.3 Å². The van der Waals surface area contributed by atoms with Gasteiger partial charge in [0.15, 0.2) is 16.7 Å². The van der Waals surface area contributed by atoms with E-state index in [2.05, 4.69) is 22.5 Å². The average Bonchev–Trinajstić information content (AvgIpc) is 3.10. The van der Waals surface area contributed by atoms with Crippen LogP contribution in [0, 0.1) is 17.7 Å². The molecule has 2 atom stereocenters. The Bertz CT molecular complexity index is 759. The fourth-order valence-corrected chi connectivity index (χ4v) is 4.02. The Morgan fingerprint density at radius 1 is 1.54 bits per heavy atom. The lowest BCUT2D eigenvalue weighted by Crippen LogP contribution is -2.34. The molecule has 0 radical (unpaired) electrons. The lowest BCUT2D eigenvalue weighted by molar-refractivity contribution is -0.117. The van der Waals surface area contributed by atoms with Gasteiger partial charge in [0.25, 0.3) is 0 Å². The predicted molar refractivity (Wildman–Crippen MR) is 102 cm³/mol. The first-order valence-corrected chi connectivity index (χ1v) is 9.74. The molecule has 1 aromatic heterocycles. The summed E-state index contributed by atoms with van der Waals surface area (Å²) in [6, 6.07) is 4.71. The Hall–Kier alpha value is -1.99. The second kappa shape index (κ2) is 8.60. The van der Waals surface area contributed by atoms with Gasteiger partial charge in [-0.05, 0) is 56.0 Å². The van der Waals surface area contributed by atoms with Gasteiger partial charge in [0.1, 0.15) is 0 Å². The van der Waals surface area contributed by atoms with Gasteiger partial charge in [0.05, 0.1) is 12.8 Å². The topological polar surface area (TPSA) is 63.2 Å². The lowest BCUT2D eigenvalue weighted by atomic mass is 9.85. The number of nitrogens with zero attached hydrogens (tertiary/aromatic N) is 1. The molecule has 3 rings (SSSR count). The summed E-state index contributed by atoms with van der Waals surface area (Å²) in [6.45, 7) is 4.19. The molecule has 0 spiro atoms. The first kappa shape index (κ1) is 18.8. The first-order valence-electron chi connectivity index (χ1n) is 8.87. The fourth-order valence-electron chi connectivity index (χ4n) is 3.28. The Labute approximate surface area is 157 Å². The maximum Gasteiger partial charge on any atom is 0.226 e. The van der Waals surface area contributed by atoms with Crippen molar-refractivity contribution in [2.75, 3.05) is 25.5 Å². The maximum atomic E-state index is 13.8. The van der Waals surface area contributed by atoms with E-state index < -0.39 is 5.82 Å². The molecule has 1 aromatic carbocycles. The molecule has 2 aromatic rings.